The van der Waals surface area contributed by atoms with Gasteiger partial charge in [0.15, 0.2) is 9.84 Å². The van der Waals surface area contributed by atoms with Crippen molar-refractivity contribution >= 4 is 21.2 Å². The van der Waals surface area contributed by atoms with Crippen LogP contribution in [0.5, 0.6) is 0 Å². The highest BCUT2D eigenvalue weighted by Crippen LogP contribution is 2.23. The molecule has 0 aliphatic rings. The van der Waals surface area contributed by atoms with E-state index in [0.717, 1.165) is 18.0 Å². The van der Waals surface area contributed by atoms with Gasteiger partial charge in [0.1, 0.15) is 0 Å². The third-order valence-electron chi connectivity index (χ3n) is 3.30. The molecule has 1 rings (SSSR count). The predicted octanol–water partition coefficient (Wildman–Crippen LogP) is 1.88. The van der Waals surface area contributed by atoms with Crippen LogP contribution in [0.1, 0.15) is 32.2 Å². The summed E-state index contributed by atoms with van der Waals surface area (Å²) in [4.78, 5) is 4.24. The van der Waals surface area contributed by atoms with Crippen molar-refractivity contribution in [1.29, 1.82) is 0 Å². The van der Waals surface area contributed by atoms with Gasteiger partial charge in [0.25, 0.3) is 0 Å². The van der Waals surface area contributed by atoms with Gasteiger partial charge in [-0.2, -0.15) is 0 Å². The van der Waals surface area contributed by atoms with E-state index in [1.54, 1.807) is 31.4 Å². The zero-order valence-corrected chi connectivity index (χ0v) is 13.1. The molecular formula is C12H22N2O2S2. The van der Waals surface area contributed by atoms with Gasteiger partial charge < -0.3 is 5.32 Å². The summed E-state index contributed by atoms with van der Waals surface area (Å²) >= 11 is 1.57. The lowest BCUT2D eigenvalue weighted by molar-refractivity contribution is 0.406. The van der Waals surface area contributed by atoms with Gasteiger partial charge in [0.05, 0.1) is 9.75 Å². The van der Waals surface area contributed by atoms with Crippen molar-refractivity contribution in [1.82, 2.24) is 10.3 Å². The highest BCUT2D eigenvalue weighted by atomic mass is 32.2. The number of aromatic nitrogens is 1. The second-order valence-corrected chi connectivity index (χ2v) is 8.59. The standard InChI is InChI=1S/C12H22N2O2S2/c1-5-6-13-10(9-11-14-7-8-17-11)12(2,3)18(4,15)16/h7-8,10,13H,5-6,9H2,1-4H3. The Labute approximate surface area is 114 Å². The van der Waals surface area contributed by atoms with Gasteiger partial charge in [-0.05, 0) is 26.8 Å². The number of nitrogens with zero attached hydrogens (tertiary/aromatic N) is 1. The Balaban J connectivity index is 2.90. The fourth-order valence-electron chi connectivity index (χ4n) is 1.67. The van der Waals surface area contributed by atoms with Crippen LogP contribution in [0.4, 0.5) is 0 Å². The monoisotopic (exact) mass is 290 g/mol. The molecule has 104 valence electrons. The Morgan fingerprint density at radius 1 is 1.50 bits per heavy atom. The molecule has 0 bridgehead atoms. The highest BCUT2D eigenvalue weighted by molar-refractivity contribution is 7.92. The first-order valence-electron chi connectivity index (χ1n) is 6.10. The van der Waals surface area contributed by atoms with E-state index in [2.05, 4.69) is 17.2 Å². The Hall–Kier alpha value is -0.460. The smallest absolute Gasteiger partial charge is 0.154 e. The van der Waals surface area contributed by atoms with Gasteiger partial charge in [0.2, 0.25) is 0 Å². The fourth-order valence-corrected chi connectivity index (χ4v) is 3.02. The summed E-state index contributed by atoms with van der Waals surface area (Å²) in [5, 5.41) is 6.23. The van der Waals surface area contributed by atoms with Gasteiger partial charge in [0, 0.05) is 30.3 Å². The molecule has 0 amide bonds. The maximum absolute atomic E-state index is 11.9. The molecule has 6 heteroatoms. The van der Waals surface area contributed by atoms with Gasteiger partial charge in [-0.1, -0.05) is 6.92 Å². The van der Waals surface area contributed by atoms with E-state index < -0.39 is 14.6 Å². The Bertz CT molecular complexity index is 452. The van der Waals surface area contributed by atoms with Gasteiger partial charge in [-0.15, -0.1) is 11.3 Å². The zero-order valence-electron chi connectivity index (χ0n) is 11.4. The molecule has 0 aliphatic heterocycles. The Morgan fingerprint density at radius 3 is 2.61 bits per heavy atom. The summed E-state index contributed by atoms with van der Waals surface area (Å²) in [6.45, 7) is 6.45. The van der Waals surface area contributed by atoms with Crippen LogP contribution >= 0.6 is 11.3 Å². The molecule has 1 atom stereocenters. The molecule has 0 spiro atoms. The molecule has 1 aromatic heterocycles. The van der Waals surface area contributed by atoms with Gasteiger partial charge >= 0.3 is 0 Å². The molecule has 0 aliphatic carbocycles. The van der Waals surface area contributed by atoms with E-state index in [0.29, 0.717) is 6.42 Å². The Kier molecular flexibility index (Phi) is 5.31. The number of thiazole rings is 1. The van der Waals surface area contributed by atoms with Crippen molar-refractivity contribution in [2.24, 2.45) is 0 Å². The van der Waals surface area contributed by atoms with E-state index >= 15 is 0 Å². The van der Waals surface area contributed by atoms with Crippen molar-refractivity contribution in [2.45, 2.75) is 44.4 Å². The number of hydrogen-bond acceptors (Lipinski definition) is 5. The molecule has 18 heavy (non-hydrogen) atoms. The molecule has 0 saturated carbocycles. The normalized spacial score (nSPS) is 14.7. The van der Waals surface area contributed by atoms with Gasteiger partial charge in [-0.25, -0.2) is 13.4 Å². The van der Waals surface area contributed by atoms with Crippen LogP contribution in [-0.4, -0.2) is 37.0 Å². The molecule has 0 radical (unpaired) electrons. The van der Waals surface area contributed by atoms with E-state index in [1.165, 1.54) is 6.26 Å². The fraction of sp³-hybridized carbons (Fsp3) is 0.750. The molecule has 1 N–H and O–H groups in total. The SMILES string of the molecule is CCCNC(Cc1nccs1)C(C)(C)S(C)(=O)=O. The first-order chi connectivity index (χ1) is 8.29. The molecular weight excluding hydrogens is 268 g/mol. The topological polar surface area (TPSA) is 59.1 Å². The predicted molar refractivity (Wildman–Crippen MR) is 76.8 cm³/mol. The molecule has 1 unspecified atom stereocenters. The van der Waals surface area contributed by atoms with Gasteiger partial charge in [-0.3, -0.25) is 0 Å². The van der Waals surface area contributed by atoms with Crippen molar-refractivity contribution in [3.63, 3.8) is 0 Å². The van der Waals surface area contributed by atoms with E-state index in [4.69, 9.17) is 0 Å². The molecule has 1 aromatic rings. The Morgan fingerprint density at radius 2 is 2.17 bits per heavy atom. The van der Waals surface area contributed by atoms with Crippen molar-refractivity contribution in [3.05, 3.63) is 16.6 Å². The number of rotatable bonds is 7. The van der Waals surface area contributed by atoms with Crippen LogP contribution in [0.25, 0.3) is 0 Å². The third kappa shape index (κ3) is 3.76. The van der Waals surface area contributed by atoms with Crippen LogP contribution in [-0.2, 0) is 16.3 Å². The van der Waals surface area contributed by atoms with Crippen LogP contribution in [0, 0.1) is 0 Å². The largest absolute Gasteiger partial charge is 0.312 e. The molecule has 0 aromatic carbocycles. The van der Waals surface area contributed by atoms with Crippen LogP contribution in [0.2, 0.25) is 0 Å². The number of sulfone groups is 1. The summed E-state index contributed by atoms with van der Waals surface area (Å²) in [6.07, 6.45) is 4.69. The summed E-state index contributed by atoms with van der Waals surface area (Å²) in [5.41, 5.74) is 0. The minimum absolute atomic E-state index is 0.112. The summed E-state index contributed by atoms with van der Waals surface area (Å²) in [5.74, 6) is 0. The van der Waals surface area contributed by atoms with E-state index in [1.807, 2.05) is 5.38 Å². The van der Waals surface area contributed by atoms with Crippen LogP contribution in [0.15, 0.2) is 11.6 Å². The second kappa shape index (κ2) is 6.12. The lowest BCUT2D eigenvalue weighted by Gasteiger charge is -2.33. The molecule has 1 heterocycles. The third-order valence-corrected chi connectivity index (χ3v) is 6.30. The number of nitrogens with one attached hydrogen (secondary N) is 1. The van der Waals surface area contributed by atoms with Crippen molar-refractivity contribution < 1.29 is 8.42 Å². The quantitative estimate of drug-likeness (QED) is 0.833. The van der Waals surface area contributed by atoms with Crippen LogP contribution < -0.4 is 5.32 Å². The van der Waals surface area contributed by atoms with E-state index in [-0.39, 0.29) is 6.04 Å². The maximum atomic E-state index is 11.9. The maximum Gasteiger partial charge on any atom is 0.154 e. The number of hydrogen-bond donors (Lipinski definition) is 1. The molecule has 0 saturated heterocycles. The average molecular weight is 290 g/mol. The minimum atomic E-state index is -3.12. The zero-order chi connectivity index (χ0) is 13.8. The molecule has 4 nitrogen and oxygen atoms in total. The summed E-state index contributed by atoms with van der Waals surface area (Å²) in [7, 11) is -3.12. The first-order valence-corrected chi connectivity index (χ1v) is 8.87. The molecule has 0 fully saturated rings. The lowest BCUT2D eigenvalue weighted by Crippen LogP contribution is -2.52. The minimum Gasteiger partial charge on any atom is -0.312 e. The first kappa shape index (κ1) is 15.6. The van der Waals surface area contributed by atoms with Crippen LogP contribution in [0.3, 0.4) is 0 Å². The summed E-state index contributed by atoms with van der Waals surface area (Å²) in [6, 6.07) is -0.112. The lowest BCUT2D eigenvalue weighted by atomic mass is 10.00. The van der Waals surface area contributed by atoms with Crippen molar-refractivity contribution in [2.75, 3.05) is 12.8 Å². The van der Waals surface area contributed by atoms with Crippen molar-refractivity contribution in [3.8, 4) is 0 Å². The second-order valence-electron chi connectivity index (χ2n) is 5.01. The highest BCUT2D eigenvalue weighted by Gasteiger charge is 2.38. The van der Waals surface area contributed by atoms with E-state index in [9.17, 15) is 8.42 Å². The summed E-state index contributed by atoms with van der Waals surface area (Å²) < 4.78 is 23.1. The average Bonchev–Trinajstić information content (AvgIpc) is 2.75.